The van der Waals surface area contributed by atoms with Crippen LogP contribution in [0.2, 0.25) is 0 Å². The number of aryl methyl sites for hydroxylation is 1. The van der Waals surface area contributed by atoms with Crippen LogP contribution in [0.5, 0.6) is 5.75 Å². The van der Waals surface area contributed by atoms with Crippen molar-refractivity contribution in [3.63, 3.8) is 0 Å². The summed E-state index contributed by atoms with van der Waals surface area (Å²) < 4.78 is 0. The Labute approximate surface area is 85.2 Å². The molecular weight excluding hydrogens is 176 g/mol. The Morgan fingerprint density at radius 1 is 1.43 bits per heavy atom. The molecule has 78 valence electrons. The van der Waals surface area contributed by atoms with E-state index in [9.17, 15) is 0 Å². The van der Waals surface area contributed by atoms with Crippen LogP contribution < -0.4 is 16.1 Å². The van der Waals surface area contributed by atoms with Crippen LogP contribution in [0, 0.1) is 0 Å². The second-order valence-corrected chi connectivity index (χ2v) is 3.34. The van der Waals surface area contributed by atoms with Gasteiger partial charge in [-0.2, -0.15) is 5.90 Å². The van der Waals surface area contributed by atoms with Crippen LogP contribution in [-0.4, -0.2) is 7.05 Å². The molecule has 0 saturated carbocycles. The van der Waals surface area contributed by atoms with Gasteiger partial charge in [0.1, 0.15) is 5.75 Å². The Morgan fingerprint density at radius 2 is 2.21 bits per heavy atom. The minimum absolute atomic E-state index is 0.784. The summed E-state index contributed by atoms with van der Waals surface area (Å²) in [6.45, 7) is 3.02. The van der Waals surface area contributed by atoms with Crippen molar-refractivity contribution < 1.29 is 4.84 Å². The predicted octanol–water partition coefficient (Wildman–Crippen LogP) is 1.61. The first-order chi connectivity index (χ1) is 6.81. The van der Waals surface area contributed by atoms with Crippen LogP contribution in [0.1, 0.15) is 24.5 Å². The summed E-state index contributed by atoms with van der Waals surface area (Å²) in [5, 5.41) is 3.12. The highest BCUT2D eigenvalue weighted by atomic mass is 16.6. The van der Waals surface area contributed by atoms with Gasteiger partial charge < -0.3 is 10.2 Å². The van der Waals surface area contributed by atoms with Crippen molar-refractivity contribution in [1.82, 2.24) is 5.32 Å². The molecule has 0 atom stereocenters. The van der Waals surface area contributed by atoms with Crippen molar-refractivity contribution in [1.29, 1.82) is 0 Å². The van der Waals surface area contributed by atoms with E-state index < -0.39 is 0 Å². The Morgan fingerprint density at radius 3 is 2.79 bits per heavy atom. The average Bonchev–Trinajstić information content (AvgIpc) is 2.19. The molecule has 0 aliphatic carbocycles. The van der Waals surface area contributed by atoms with E-state index in [0.29, 0.717) is 0 Å². The van der Waals surface area contributed by atoms with Gasteiger partial charge in [0.15, 0.2) is 0 Å². The van der Waals surface area contributed by atoms with Gasteiger partial charge in [-0.1, -0.05) is 25.5 Å². The summed E-state index contributed by atoms with van der Waals surface area (Å²) in [7, 11) is 1.94. The molecule has 0 amide bonds. The Balaban J connectivity index is 2.88. The topological polar surface area (TPSA) is 47.3 Å². The lowest BCUT2D eigenvalue weighted by molar-refractivity contribution is 0.330. The molecule has 0 unspecified atom stereocenters. The third kappa shape index (κ3) is 2.72. The average molecular weight is 194 g/mol. The summed E-state index contributed by atoms with van der Waals surface area (Å²) in [4.78, 5) is 4.81. The molecule has 0 aromatic heterocycles. The van der Waals surface area contributed by atoms with Crippen LogP contribution in [-0.2, 0) is 13.0 Å². The van der Waals surface area contributed by atoms with E-state index >= 15 is 0 Å². The lowest BCUT2D eigenvalue weighted by atomic mass is 10.1. The first-order valence-corrected chi connectivity index (χ1v) is 4.95. The zero-order chi connectivity index (χ0) is 10.4. The number of nitrogens with one attached hydrogen (secondary N) is 1. The highest BCUT2D eigenvalue weighted by Crippen LogP contribution is 2.20. The molecule has 0 aliphatic heterocycles. The molecule has 0 heterocycles. The van der Waals surface area contributed by atoms with E-state index in [1.54, 1.807) is 0 Å². The fourth-order valence-electron chi connectivity index (χ4n) is 1.53. The summed E-state index contributed by atoms with van der Waals surface area (Å²) in [5.74, 6) is 5.97. The fraction of sp³-hybridized carbons (Fsp3) is 0.455. The summed E-state index contributed by atoms with van der Waals surface area (Å²) in [6, 6.07) is 6.09. The van der Waals surface area contributed by atoms with Gasteiger partial charge in [-0.05, 0) is 30.7 Å². The maximum atomic E-state index is 5.19. The minimum Gasteiger partial charge on any atom is -0.411 e. The summed E-state index contributed by atoms with van der Waals surface area (Å²) >= 11 is 0. The van der Waals surface area contributed by atoms with Gasteiger partial charge >= 0.3 is 0 Å². The van der Waals surface area contributed by atoms with Gasteiger partial charge in [0.05, 0.1) is 0 Å². The first-order valence-electron chi connectivity index (χ1n) is 4.95. The molecule has 0 saturated heterocycles. The monoisotopic (exact) mass is 194 g/mol. The molecule has 0 bridgehead atoms. The van der Waals surface area contributed by atoms with E-state index in [1.165, 1.54) is 11.1 Å². The normalized spacial score (nSPS) is 10.2. The number of benzene rings is 1. The summed E-state index contributed by atoms with van der Waals surface area (Å²) in [5.41, 5.74) is 2.44. The zero-order valence-electron chi connectivity index (χ0n) is 8.84. The lowest BCUT2D eigenvalue weighted by Gasteiger charge is -2.08. The van der Waals surface area contributed by atoms with Crippen molar-refractivity contribution in [3.8, 4) is 5.75 Å². The number of rotatable bonds is 5. The van der Waals surface area contributed by atoms with E-state index in [-0.39, 0.29) is 0 Å². The number of hydrogen-bond donors (Lipinski definition) is 2. The molecule has 0 aliphatic rings. The van der Waals surface area contributed by atoms with Crippen molar-refractivity contribution in [3.05, 3.63) is 29.3 Å². The third-order valence-corrected chi connectivity index (χ3v) is 2.15. The summed E-state index contributed by atoms with van der Waals surface area (Å²) in [6.07, 6.45) is 2.10. The van der Waals surface area contributed by atoms with E-state index in [1.807, 2.05) is 19.2 Å². The third-order valence-electron chi connectivity index (χ3n) is 2.15. The molecule has 0 spiro atoms. The van der Waals surface area contributed by atoms with Gasteiger partial charge in [0, 0.05) is 6.54 Å². The lowest BCUT2D eigenvalue weighted by Crippen LogP contribution is -2.08. The number of nitrogens with two attached hydrogens (primary N) is 1. The van der Waals surface area contributed by atoms with Gasteiger partial charge in [-0.3, -0.25) is 0 Å². The molecule has 3 N–H and O–H groups in total. The van der Waals surface area contributed by atoms with Crippen molar-refractivity contribution >= 4 is 0 Å². The Kier molecular flexibility index (Phi) is 4.43. The molecule has 1 rings (SSSR count). The highest BCUT2D eigenvalue weighted by Gasteiger charge is 2.03. The maximum absolute atomic E-state index is 5.19. The van der Waals surface area contributed by atoms with Gasteiger partial charge in [0.25, 0.3) is 0 Å². The SMILES string of the molecule is CCCc1cc(CNC)ccc1ON. The second kappa shape index (κ2) is 5.62. The molecule has 1 aromatic rings. The predicted molar refractivity (Wildman–Crippen MR) is 58.0 cm³/mol. The standard InChI is InChI=1S/C11H18N2O/c1-3-4-10-7-9(8-13-2)5-6-11(10)14-12/h5-7,13H,3-4,8,12H2,1-2H3. The fourth-order valence-corrected chi connectivity index (χ4v) is 1.53. The Bertz CT molecular complexity index is 287. The van der Waals surface area contributed by atoms with Crippen molar-refractivity contribution in [2.24, 2.45) is 5.90 Å². The number of hydrogen-bond acceptors (Lipinski definition) is 3. The molecule has 0 fully saturated rings. The van der Waals surface area contributed by atoms with Crippen LogP contribution >= 0.6 is 0 Å². The van der Waals surface area contributed by atoms with E-state index in [0.717, 1.165) is 25.1 Å². The molecule has 3 nitrogen and oxygen atoms in total. The van der Waals surface area contributed by atoms with Crippen molar-refractivity contribution in [2.75, 3.05) is 7.05 Å². The molecular formula is C11H18N2O. The first kappa shape index (κ1) is 11.0. The van der Waals surface area contributed by atoms with E-state index in [2.05, 4.69) is 18.3 Å². The van der Waals surface area contributed by atoms with Gasteiger partial charge in [-0.15, -0.1) is 0 Å². The minimum atomic E-state index is 0.784. The quantitative estimate of drug-likeness (QED) is 0.700. The molecule has 0 radical (unpaired) electrons. The molecule has 3 heteroatoms. The van der Waals surface area contributed by atoms with Crippen LogP contribution in [0.15, 0.2) is 18.2 Å². The van der Waals surface area contributed by atoms with Crippen LogP contribution in [0.4, 0.5) is 0 Å². The largest absolute Gasteiger partial charge is 0.411 e. The second-order valence-electron chi connectivity index (χ2n) is 3.34. The van der Waals surface area contributed by atoms with E-state index in [4.69, 9.17) is 10.7 Å². The van der Waals surface area contributed by atoms with Crippen molar-refractivity contribution in [2.45, 2.75) is 26.3 Å². The van der Waals surface area contributed by atoms with Crippen LogP contribution in [0.25, 0.3) is 0 Å². The van der Waals surface area contributed by atoms with Crippen LogP contribution in [0.3, 0.4) is 0 Å². The van der Waals surface area contributed by atoms with Gasteiger partial charge in [0.2, 0.25) is 0 Å². The zero-order valence-corrected chi connectivity index (χ0v) is 8.84. The maximum Gasteiger partial charge on any atom is 0.150 e. The highest BCUT2D eigenvalue weighted by molar-refractivity contribution is 5.37. The van der Waals surface area contributed by atoms with Gasteiger partial charge in [-0.25, -0.2) is 0 Å². The molecule has 1 aromatic carbocycles. The smallest absolute Gasteiger partial charge is 0.150 e. The Hall–Kier alpha value is -1.06. The molecule has 14 heavy (non-hydrogen) atoms.